The standard InChI is InChI=1S/C25H27Cl3N2O2/c26-20-7-4-3-6-18(20)16-30-19(10-12-24(30)31)15-25(32)29-13-5-1-2-8-23(29)17-9-11-21(27)22(28)14-17/h3-4,6-7,9,11,14,19,23H,1-2,5,8,10,12-13,15-16H2. The fourth-order valence-corrected chi connectivity index (χ4v) is 5.33. The molecule has 0 radical (unpaired) electrons. The fourth-order valence-electron chi connectivity index (χ4n) is 4.82. The lowest BCUT2D eigenvalue weighted by molar-refractivity contribution is -0.136. The predicted octanol–water partition coefficient (Wildman–Crippen LogP) is 6.67. The van der Waals surface area contributed by atoms with Crippen molar-refractivity contribution >= 4 is 46.6 Å². The summed E-state index contributed by atoms with van der Waals surface area (Å²) < 4.78 is 0. The molecule has 0 saturated carbocycles. The van der Waals surface area contributed by atoms with E-state index in [-0.39, 0.29) is 23.9 Å². The molecule has 2 aromatic carbocycles. The first-order valence-corrected chi connectivity index (χ1v) is 12.3. The van der Waals surface area contributed by atoms with Gasteiger partial charge in [0.2, 0.25) is 11.8 Å². The highest BCUT2D eigenvalue weighted by molar-refractivity contribution is 6.42. The number of amides is 2. The Morgan fingerprint density at radius 1 is 0.938 bits per heavy atom. The van der Waals surface area contributed by atoms with Gasteiger partial charge in [-0.05, 0) is 48.6 Å². The van der Waals surface area contributed by atoms with Gasteiger partial charge in [-0.15, -0.1) is 0 Å². The van der Waals surface area contributed by atoms with Gasteiger partial charge in [0.1, 0.15) is 0 Å². The maximum atomic E-state index is 13.5. The number of nitrogens with zero attached hydrogens (tertiary/aromatic N) is 2. The highest BCUT2D eigenvalue weighted by Crippen LogP contribution is 2.35. The van der Waals surface area contributed by atoms with E-state index in [1.165, 1.54) is 0 Å². The van der Waals surface area contributed by atoms with E-state index in [1.807, 2.05) is 46.2 Å². The molecule has 170 valence electrons. The van der Waals surface area contributed by atoms with E-state index in [1.54, 1.807) is 6.07 Å². The van der Waals surface area contributed by atoms with Gasteiger partial charge < -0.3 is 9.80 Å². The highest BCUT2D eigenvalue weighted by atomic mass is 35.5. The highest BCUT2D eigenvalue weighted by Gasteiger charge is 2.35. The topological polar surface area (TPSA) is 40.6 Å². The number of carbonyl (C=O) groups is 2. The fraction of sp³-hybridized carbons (Fsp3) is 0.440. The maximum Gasteiger partial charge on any atom is 0.225 e. The molecule has 0 spiro atoms. The zero-order chi connectivity index (χ0) is 22.7. The molecule has 2 unspecified atom stereocenters. The predicted molar refractivity (Wildman–Crippen MR) is 129 cm³/mol. The zero-order valence-corrected chi connectivity index (χ0v) is 20.2. The quantitative estimate of drug-likeness (QED) is 0.466. The molecule has 2 aromatic rings. The number of hydrogen-bond donors (Lipinski definition) is 0. The molecule has 0 aromatic heterocycles. The summed E-state index contributed by atoms with van der Waals surface area (Å²) in [6.45, 7) is 1.15. The number of likely N-dealkylation sites (tertiary alicyclic amines) is 2. The Bertz CT molecular complexity index is 997. The molecule has 2 aliphatic heterocycles. The second-order valence-corrected chi connectivity index (χ2v) is 9.86. The van der Waals surface area contributed by atoms with Gasteiger partial charge in [-0.25, -0.2) is 0 Å². The molecule has 2 aliphatic rings. The van der Waals surface area contributed by atoms with Gasteiger partial charge in [0.25, 0.3) is 0 Å². The Balaban J connectivity index is 1.51. The molecule has 4 rings (SSSR count). The molecule has 7 heteroatoms. The summed E-state index contributed by atoms with van der Waals surface area (Å²) in [5.41, 5.74) is 1.93. The Kier molecular flexibility index (Phi) is 7.65. The zero-order valence-electron chi connectivity index (χ0n) is 17.9. The van der Waals surface area contributed by atoms with Crippen LogP contribution in [0.3, 0.4) is 0 Å². The molecule has 0 N–H and O–H groups in total. The second-order valence-electron chi connectivity index (χ2n) is 8.64. The summed E-state index contributed by atoms with van der Waals surface area (Å²) in [5.74, 6) is 0.173. The van der Waals surface area contributed by atoms with E-state index in [4.69, 9.17) is 34.8 Å². The number of halogens is 3. The summed E-state index contributed by atoms with van der Waals surface area (Å²) in [4.78, 5) is 29.9. The Morgan fingerprint density at radius 2 is 1.75 bits per heavy atom. The van der Waals surface area contributed by atoms with Crippen molar-refractivity contribution < 1.29 is 9.59 Å². The van der Waals surface area contributed by atoms with E-state index in [9.17, 15) is 9.59 Å². The van der Waals surface area contributed by atoms with E-state index in [0.717, 1.165) is 43.4 Å². The lowest BCUT2D eigenvalue weighted by atomic mass is 10.00. The molecule has 2 fully saturated rings. The molecule has 2 heterocycles. The lowest BCUT2D eigenvalue weighted by Gasteiger charge is -2.33. The molecule has 0 bridgehead atoms. The molecular weight excluding hydrogens is 467 g/mol. The Hall–Kier alpha value is -1.75. The average molecular weight is 494 g/mol. The van der Waals surface area contributed by atoms with Gasteiger partial charge >= 0.3 is 0 Å². The van der Waals surface area contributed by atoms with Crippen LogP contribution < -0.4 is 0 Å². The molecule has 4 nitrogen and oxygen atoms in total. The van der Waals surface area contributed by atoms with Gasteiger partial charge in [0, 0.05) is 37.0 Å². The molecule has 32 heavy (non-hydrogen) atoms. The largest absolute Gasteiger partial charge is 0.336 e. The minimum atomic E-state index is -0.107. The number of hydrogen-bond acceptors (Lipinski definition) is 2. The van der Waals surface area contributed by atoms with Crippen LogP contribution in [0, 0.1) is 0 Å². The average Bonchev–Trinajstić information content (AvgIpc) is 2.97. The van der Waals surface area contributed by atoms with Gasteiger partial charge in [0.05, 0.1) is 16.1 Å². The van der Waals surface area contributed by atoms with Gasteiger partial charge in [0.15, 0.2) is 0 Å². The van der Waals surface area contributed by atoms with Crippen molar-refractivity contribution in [3.8, 4) is 0 Å². The van der Waals surface area contributed by atoms with Crippen LogP contribution in [0.5, 0.6) is 0 Å². The van der Waals surface area contributed by atoms with E-state index < -0.39 is 0 Å². The van der Waals surface area contributed by atoms with Crippen molar-refractivity contribution in [1.82, 2.24) is 9.80 Å². The maximum absolute atomic E-state index is 13.5. The Morgan fingerprint density at radius 3 is 2.53 bits per heavy atom. The SMILES string of the molecule is O=C1CCC(CC(=O)N2CCCCCC2c2ccc(Cl)c(Cl)c2)N1Cc1ccccc1Cl. The third kappa shape index (κ3) is 5.24. The normalized spacial score (nSPS) is 21.7. The number of rotatable bonds is 5. The first-order valence-electron chi connectivity index (χ1n) is 11.2. The van der Waals surface area contributed by atoms with Crippen LogP contribution in [0.2, 0.25) is 15.1 Å². The summed E-state index contributed by atoms with van der Waals surface area (Å²) in [6.07, 6.45) is 5.54. The molecule has 0 aliphatic carbocycles. The smallest absolute Gasteiger partial charge is 0.225 e. The summed E-state index contributed by atoms with van der Waals surface area (Å²) >= 11 is 18.7. The van der Waals surface area contributed by atoms with Gasteiger partial charge in [-0.2, -0.15) is 0 Å². The van der Waals surface area contributed by atoms with Crippen LogP contribution in [-0.4, -0.2) is 34.2 Å². The van der Waals surface area contributed by atoms with Crippen LogP contribution in [-0.2, 0) is 16.1 Å². The van der Waals surface area contributed by atoms with E-state index in [0.29, 0.717) is 40.9 Å². The van der Waals surface area contributed by atoms with Gasteiger partial charge in [-0.3, -0.25) is 9.59 Å². The van der Waals surface area contributed by atoms with Gasteiger partial charge in [-0.1, -0.05) is 71.9 Å². The van der Waals surface area contributed by atoms with Crippen LogP contribution in [0.25, 0.3) is 0 Å². The first kappa shape index (κ1) is 23.4. The van der Waals surface area contributed by atoms with Crippen molar-refractivity contribution in [2.75, 3.05) is 6.54 Å². The van der Waals surface area contributed by atoms with Crippen LogP contribution in [0.4, 0.5) is 0 Å². The number of benzene rings is 2. The Labute approximate surface area is 204 Å². The van der Waals surface area contributed by atoms with Crippen LogP contribution >= 0.6 is 34.8 Å². The van der Waals surface area contributed by atoms with Crippen molar-refractivity contribution in [2.24, 2.45) is 0 Å². The summed E-state index contributed by atoms with van der Waals surface area (Å²) in [7, 11) is 0. The molecule has 2 saturated heterocycles. The van der Waals surface area contributed by atoms with Crippen molar-refractivity contribution in [3.05, 3.63) is 68.7 Å². The third-order valence-corrected chi connectivity index (χ3v) is 7.67. The van der Waals surface area contributed by atoms with Crippen molar-refractivity contribution in [2.45, 2.75) is 63.6 Å². The first-order chi connectivity index (χ1) is 15.4. The minimum absolute atomic E-state index is 0.0195. The third-order valence-electron chi connectivity index (χ3n) is 6.56. The van der Waals surface area contributed by atoms with Crippen molar-refractivity contribution in [1.29, 1.82) is 0 Å². The summed E-state index contributed by atoms with van der Waals surface area (Å²) in [6, 6.07) is 13.1. The molecule has 2 atom stereocenters. The second kappa shape index (κ2) is 10.5. The van der Waals surface area contributed by atoms with E-state index >= 15 is 0 Å². The molecule has 2 amide bonds. The van der Waals surface area contributed by atoms with Crippen LogP contribution in [0.1, 0.15) is 62.1 Å². The van der Waals surface area contributed by atoms with Crippen LogP contribution in [0.15, 0.2) is 42.5 Å². The van der Waals surface area contributed by atoms with E-state index in [2.05, 4.69) is 0 Å². The molecular formula is C25H27Cl3N2O2. The minimum Gasteiger partial charge on any atom is -0.336 e. The number of carbonyl (C=O) groups excluding carboxylic acids is 2. The summed E-state index contributed by atoms with van der Waals surface area (Å²) in [5, 5.41) is 1.67. The lowest BCUT2D eigenvalue weighted by Crippen LogP contribution is -2.40. The van der Waals surface area contributed by atoms with Crippen molar-refractivity contribution in [3.63, 3.8) is 0 Å². The monoisotopic (exact) mass is 492 g/mol.